The van der Waals surface area contributed by atoms with E-state index >= 15 is 0 Å². The molecule has 14 N–H and O–H groups in total. The third-order valence-corrected chi connectivity index (χ3v) is 17.5. The van der Waals surface area contributed by atoms with Crippen LogP contribution in [0, 0.1) is 11.8 Å². The Morgan fingerprint density at radius 2 is 0.970 bits per heavy atom. The van der Waals surface area contributed by atoms with Crippen LogP contribution in [-0.2, 0) is 70.4 Å². The second kappa shape index (κ2) is 43.8. The highest BCUT2D eigenvalue weighted by molar-refractivity contribution is 5.91. The van der Waals surface area contributed by atoms with Gasteiger partial charge in [-0.25, -0.2) is 14.4 Å². The van der Waals surface area contributed by atoms with Crippen molar-refractivity contribution in [2.24, 2.45) is 11.8 Å². The van der Waals surface area contributed by atoms with Gasteiger partial charge in [0.2, 0.25) is 35.4 Å². The minimum absolute atomic E-state index is 0.0599. The summed E-state index contributed by atoms with van der Waals surface area (Å²) in [7, 11) is 1.57. The minimum Gasteiger partial charge on any atom is -0.497 e. The van der Waals surface area contributed by atoms with Gasteiger partial charge in [0.15, 0.2) is 0 Å². The number of carbonyl (C=O) groups excluding carboxylic acids is 7. The third kappa shape index (κ3) is 32.0. The highest BCUT2D eigenvalue weighted by Crippen LogP contribution is 2.29. The second-order valence-corrected chi connectivity index (χ2v) is 25.3. The number of aryl methyl sites for hydroxylation is 1. The molecule has 2 fully saturated rings. The first-order valence-corrected chi connectivity index (χ1v) is 33.9. The van der Waals surface area contributed by atoms with Crippen LogP contribution in [-0.4, -0.2) is 264 Å². The van der Waals surface area contributed by atoms with E-state index in [4.69, 9.17) is 9.84 Å². The van der Waals surface area contributed by atoms with E-state index in [-0.39, 0.29) is 160 Å². The van der Waals surface area contributed by atoms with Crippen LogP contribution in [0.2, 0.25) is 0 Å². The van der Waals surface area contributed by atoms with Crippen LogP contribution in [0.4, 0.5) is 4.79 Å². The maximum Gasteiger partial charge on any atom is 0.326 e. The fourth-order valence-electron chi connectivity index (χ4n) is 11.8. The van der Waals surface area contributed by atoms with Crippen molar-refractivity contribution in [2.75, 3.05) is 112 Å². The van der Waals surface area contributed by atoms with E-state index in [0.29, 0.717) is 57.1 Å². The molecule has 1 aliphatic carbocycles. The second-order valence-electron chi connectivity index (χ2n) is 25.3. The van der Waals surface area contributed by atoms with E-state index in [1.807, 2.05) is 66.7 Å². The van der Waals surface area contributed by atoms with Gasteiger partial charge in [-0.2, -0.15) is 0 Å². The number of ether oxygens (including phenoxy) is 1. The molecule has 8 amide bonds. The van der Waals surface area contributed by atoms with Crippen LogP contribution in [0.3, 0.4) is 0 Å². The largest absolute Gasteiger partial charge is 0.497 e. The Kier molecular flexibility index (Phi) is 35.5. The maximum absolute atomic E-state index is 14.1. The number of hydrogen-bond donors (Lipinski definition) is 14. The van der Waals surface area contributed by atoms with Crippen molar-refractivity contribution in [3.8, 4) is 5.75 Å². The van der Waals surface area contributed by atoms with Gasteiger partial charge in [-0.3, -0.25) is 67.5 Å². The van der Waals surface area contributed by atoms with E-state index in [2.05, 4.69) is 42.5 Å². The number of nitrogens with one attached hydrogen (secondary N) is 8. The average molecular weight is 1400 g/mol. The lowest BCUT2D eigenvalue weighted by atomic mass is 9.81. The monoisotopic (exact) mass is 1400 g/mol. The molecule has 1 saturated carbocycles. The van der Waals surface area contributed by atoms with E-state index in [9.17, 15) is 87.9 Å². The summed E-state index contributed by atoms with van der Waals surface area (Å²) in [5, 5.41) is 80.0. The standard InChI is InChI=1S/C68H98N12O20/c1-100-51-23-18-45(19-24-51)9-8-14-56(81)71-40-57(82)73-52(12-4-6-27-69-58(83)41-77-29-31-78(42-60(86)87)33-35-80(44-62(90)91)36-34-79(32-30-77)43-61(88)89)64(93)72-39-46-15-21-49(22-16-46)63(92)74-55(38-47-17-20-48-10-2-3-11-50(48)37-47)65(94)70-28-7-5-13-53(66(95)96)75-68(99)76-54(67(97)98)25-26-59(84)85/h2-3,10-11,17-20,23-24,37,46,49,52-55H,4-9,12-16,21-22,25-36,38-44H2,1H3,(H,69,83)(H,70,94)(H,71,81)(H,72,93)(H,73,82)(H,74,92)(H,84,85)(H,86,87)(H,88,89)(H,90,91)(H,95,96)(H,97,98)(H2,75,76,99)/t46?,49?,52-,53-,54-,55+/m0/s1. The van der Waals surface area contributed by atoms with Gasteiger partial charge < -0.3 is 77.9 Å². The molecule has 32 heteroatoms. The van der Waals surface area contributed by atoms with Gasteiger partial charge in [0.05, 0.1) is 39.8 Å². The number of amides is 8. The Morgan fingerprint density at radius 3 is 1.51 bits per heavy atom. The number of hydrogen-bond acceptors (Lipinski definition) is 18. The molecule has 550 valence electrons. The summed E-state index contributed by atoms with van der Waals surface area (Å²) in [4.78, 5) is 171. The number of urea groups is 1. The zero-order valence-electron chi connectivity index (χ0n) is 56.6. The third-order valence-electron chi connectivity index (χ3n) is 17.5. The SMILES string of the molecule is COc1ccc(CCCC(=O)NCC(=O)N[C@@H](CCCCNC(=O)CN2CCN(CC(=O)O)CCN(CC(=O)O)CCN(CC(=O)O)CC2)C(=O)NCC2CCC(C(=O)N[C@H](Cc3ccc4ccccc4c3)C(=O)NCCCC[C@H](NC(=O)N[C@@H](CCC(=O)O)C(=O)O)C(=O)O)CC2)cc1. The van der Waals surface area contributed by atoms with Crippen LogP contribution in [0.15, 0.2) is 66.7 Å². The fourth-order valence-corrected chi connectivity index (χ4v) is 11.8. The van der Waals surface area contributed by atoms with E-state index in [1.54, 1.807) is 26.7 Å². The van der Waals surface area contributed by atoms with Gasteiger partial charge in [0.25, 0.3) is 0 Å². The molecule has 4 atom stereocenters. The van der Waals surface area contributed by atoms with Gasteiger partial charge in [-0.15, -0.1) is 0 Å². The molecule has 1 heterocycles. The van der Waals surface area contributed by atoms with Crippen LogP contribution < -0.4 is 47.3 Å². The number of rotatable bonds is 41. The summed E-state index contributed by atoms with van der Waals surface area (Å²) in [6.45, 7) is 0.842. The topological polar surface area (TPSA) is 462 Å². The number of carbonyl (C=O) groups is 13. The Morgan fingerprint density at radius 1 is 0.460 bits per heavy atom. The summed E-state index contributed by atoms with van der Waals surface area (Å²) >= 11 is 0. The summed E-state index contributed by atoms with van der Waals surface area (Å²) in [6.07, 6.45) is 3.61. The molecular weight excluding hydrogens is 1300 g/mol. The summed E-state index contributed by atoms with van der Waals surface area (Å²) in [5.74, 6) is -9.87. The van der Waals surface area contributed by atoms with Crippen molar-refractivity contribution in [3.05, 3.63) is 77.9 Å². The first-order valence-electron chi connectivity index (χ1n) is 33.9. The van der Waals surface area contributed by atoms with Gasteiger partial charge >= 0.3 is 41.8 Å². The lowest BCUT2D eigenvalue weighted by Crippen LogP contribution is -2.51. The number of methoxy groups -OCH3 is 1. The molecule has 100 heavy (non-hydrogen) atoms. The Bertz CT molecular complexity index is 3190. The molecule has 2 aliphatic rings. The minimum atomic E-state index is -1.57. The van der Waals surface area contributed by atoms with Crippen molar-refractivity contribution in [2.45, 2.75) is 127 Å². The van der Waals surface area contributed by atoms with Crippen molar-refractivity contribution in [1.82, 2.24) is 62.1 Å². The van der Waals surface area contributed by atoms with Crippen molar-refractivity contribution in [1.29, 1.82) is 0 Å². The van der Waals surface area contributed by atoms with Crippen LogP contribution in [0.25, 0.3) is 10.8 Å². The average Bonchev–Trinajstić information content (AvgIpc) is 0.840. The molecule has 3 aromatic rings. The zero-order chi connectivity index (χ0) is 72.9. The predicted octanol–water partition coefficient (Wildman–Crippen LogP) is 0.541. The fraction of sp³-hybridized carbons (Fsp3) is 0.574. The normalized spacial score (nSPS) is 17.0. The number of aliphatic carboxylic acids is 6. The molecule has 0 aromatic heterocycles. The van der Waals surface area contributed by atoms with Crippen molar-refractivity contribution < 1.29 is 97.7 Å². The number of unbranched alkanes of at least 4 members (excludes halogenated alkanes) is 2. The van der Waals surface area contributed by atoms with Crippen LogP contribution >= 0.6 is 0 Å². The quantitative estimate of drug-likeness (QED) is 0.0345. The predicted molar refractivity (Wildman–Crippen MR) is 363 cm³/mol. The lowest BCUT2D eigenvalue weighted by molar-refractivity contribution is -0.141. The van der Waals surface area contributed by atoms with Gasteiger partial charge in [0.1, 0.15) is 29.9 Å². The summed E-state index contributed by atoms with van der Waals surface area (Å²) in [6, 6.07) is 14.7. The van der Waals surface area contributed by atoms with Gasteiger partial charge in [-0.05, 0) is 123 Å². The van der Waals surface area contributed by atoms with E-state index in [0.717, 1.165) is 21.9 Å². The molecule has 0 radical (unpaired) electrons. The highest BCUT2D eigenvalue weighted by Gasteiger charge is 2.32. The molecule has 0 bridgehead atoms. The zero-order valence-corrected chi connectivity index (χ0v) is 56.6. The number of nitrogens with zero attached hydrogens (tertiary/aromatic N) is 4. The molecule has 1 aliphatic heterocycles. The number of fused-ring (bicyclic) bond motifs is 1. The van der Waals surface area contributed by atoms with Gasteiger partial charge in [-0.1, -0.05) is 54.6 Å². The molecule has 32 nitrogen and oxygen atoms in total. The molecule has 3 aromatic carbocycles. The smallest absolute Gasteiger partial charge is 0.326 e. The summed E-state index contributed by atoms with van der Waals surface area (Å²) in [5.41, 5.74) is 1.78. The van der Waals surface area contributed by atoms with E-state index in [1.165, 1.54) is 0 Å². The highest BCUT2D eigenvalue weighted by atomic mass is 16.5. The van der Waals surface area contributed by atoms with Gasteiger partial charge in [0, 0.05) is 97.2 Å². The van der Waals surface area contributed by atoms with Crippen molar-refractivity contribution >= 4 is 88.1 Å². The maximum atomic E-state index is 14.1. The Balaban J connectivity index is 1.15. The first-order chi connectivity index (χ1) is 47.8. The number of carboxylic acid groups (broad SMARTS) is 6. The Labute approximate surface area is 580 Å². The summed E-state index contributed by atoms with van der Waals surface area (Å²) < 4.78 is 5.21. The van der Waals surface area contributed by atoms with E-state index < -0.39 is 109 Å². The molecular formula is C68H98N12O20. The molecule has 0 unspecified atom stereocenters. The molecule has 5 rings (SSSR count). The molecule has 0 spiro atoms. The Hall–Kier alpha value is -9.53. The van der Waals surface area contributed by atoms with Crippen molar-refractivity contribution in [3.63, 3.8) is 0 Å². The van der Waals surface area contributed by atoms with Crippen LogP contribution in [0.1, 0.15) is 101 Å². The first kappa shape index (κ1) is 81.1. The van der Waals surface area contributed by atoms with Crippen LogP contribution in [0.5, 0.6) is 5.75 Å². The lowest BCUT2D eigenvalue weighted by Gasteiger charge is -2.32. The molecule has 1 saturated heterocycles. The number of carboxylic acids is 6. The number of benzene rings is 3.